The molecule has 3 atom stereocenters. The number of ether oxygens (including phenoxy) is 2. The molecule has 3 aromatic rings. The summed E-state index contributed by atoms with van der Waals surface area (Å²) in [5.74, 6) is 0. The van der Waals surface area contributed by atoms with E-state index in [0.717, 1.165) is 59.4 Å². The molecular weight excluding hydrogens is 460 g/mol. The van der Waals surface area contributed by atoms with Crippen LogP contribution < -0.4 is 5.73 Å². The Hall–Kier alpha value is -2.54. The van der Waals surface area contributed by atoms with Crippen LogP contribution in [0.15, 0.2) is 72.8 Å². The highest BCUT2D eigenvalue weighted by atomic mass is 16.7. The van der Waals surface area contributed by atoms with Gasteiger partial charge < -0.3 is 25.2 Å². The number of benzene rings is 3. The van der Waals surface area contributed by atoms with Crippen LogP contribution in [-0.2, 0) is 22.6 Å². The Morgan fingerprint density at radius 2 is 1.46 bits per heavy atom. The van der Waals surface area contributed by atoms with Gasteiger partial charge >= 0.3 is 0 Å². The van der Waals surface area contributed by atoms with Crippen LogP contribution in [0.5, 0.6) is 0 Å². The first-order valence-corrected chi connectivity index (χ1v) is 13.8. The third-order valence-electron chi connectivity index (χ3n) is 7.70. The van der Waals surface area contributed by atoms with Gasteiger partial charge in [-0.25, -0.2) is 0 Å². The summed E-state index contributed by atoms with van der Waals surface area (Å²) in [7, 11) is 0. The number of aliphatic hydroxyl groups is 1. The molecule has 3 N–H and O–H groups in total. The summed E-state index contributed by atoms with van der Waals surface area (Å²) in [6, 6.07) is 25.1. The van der Waals surface area contributed by atoms with Crippen molar-refractivity contribution >= 4 is 0 Å². The molecule has 0 bridgehead atoms. The quantitative estimate of drug-likeness (QED) is 0.409. The summed E-state index contributed by atoms with van der Waals surface area (Å²) in [6.45, 7) is 3.83. The van der Waals surface area contributed by atoms with Crippen molar-refractivity contribution in [2.45, 2.75) is 70.2 Å². The van der Waals surface area contributed by atoms with Gasteiger partial charge in [-0.15, -0.1) is 0 Å². The molecule has 0 amide bonds. The number of nitrogens with two attached hydrogens (primary N) is 1. The van der Waals surface area contributed by atoms with Gasteiger partial charge in [0.25, 0.3) is 0 Å². The van der Waals surface area contributed by atoms with E-state index in [-0.39, 0.29) is 18.8 Å². The van der Waals surface area contributed by atoms with Gasteiger partial charge in [0, 0.05) is 25.1 Å². The van der Waals surface area contributed by atoms with E-state index < -0.39 is 6.29 Å². The molecule has 0 aromatic heterocycles. The maximum absolute atomic E-state index is 9.47. The second-order valence-electron chi connectivity index (χ2n) is 10.4. The predicted octanol–water partition coefficient (Wildman–Crippen LogP) is 6.12. The fourth-order valence-electron chi connectivity index (χ4n) is 5.53. The van der Waals surface area contributed by atoms with Crippen LogP contribution in [0, 0.1) is 0 Å². The molecule has 3 aromatic carbocycles. The van der Waals surface area contributed by atoms with Crippen molar-refractivity contribution in [2.75, 3.05) is 19.6 Å². The van der Waals surface area contributed by atoms with Crippen LogP contribution in [0.4, 0.5) is 0 Å². The van der Waals surface area contributed by atoms with Crippen molar-refractivity contribution in [2.24, 2.45) is 5.73 Å². The second kappa shape index (κ2) is 12.8. The van der Waals surface area contributed by atoms with Gasteiger partial charge in [-0.3, -0.25) is 0 Å². The summed E-state index contributed by atoms with van der Waals surface area (Å²) in [4.78, 5) is 2.59. The molecule has 2 aliphatic rings. The van der Waals surface area contributed by atoms with Crippen molar-refractivity contribution in [3.8, 4) is 11.1 Å². The smallest absolute Gasteiger partial charge is 0.184 e. The molecule has 0 spiro atoms. The molecule has 2 fully saturated rings. The lowest BCUT2D eigenvalue weighted by molar-refractivity contribution is -0.253. The van der Waals surface area contributed by atoms with E-state index >= 15 is 0 Å². The fraction of sp³-hybridized carbons (Fsp3) is 0.438. The average Bonchev–Trinajstić information content (AvgIpc) is 2.94. The molecule has 2 saturated heterocycles. The highest BCUT2D eigenvalue weighted by Gasteiger charge is 2.33. The Morgan fingerprint density at radius 1 is 0.757 bits per heavy atom. The Labute approximate surface area is 221 Å². The van der Waals surface area contributed by atoms with Crippen LogP contribution in [0.25, 0.3) is 11.1 Å². The van der Waals surface area contributed by atoms with E-state index in [1.54, 1.807) is 0 Å². The maximum Gasteiger partial charge on any atom is 0.184 e. The zero-order chi connectivity index (χ0) is 25.5. The molecule has 5 nitrogen and oxygen atoms in total. The zero-order valence-electron chi connectivity index (χ0n) is 21.7. The number of likely N-dealkylation sites (tertiary alicyclic amines) is 1. The minimum atomic E-state index is -0.416. The number of hydrogen-bond acceptors (Lipinski definition) is 5. The number of rotatable bonds is 7. The lowest BCUT2D eigenvalue weighted by Gasteiger charge is -2.38. The Balaban J connectivity index is 1.35. The molecule has 2 heterocycles. The lowest BCUT2D eigenvalue weighted by Crippen LogP contribution is -2.40. The van der Waals surface area contributed by atoms with Gasteiger partial charge in [0.05, 0.1) is 18.8 Å². The lowest BCUT2D eigenvalue weighted by atomic mass is 9.98. The fourth-order valence-corrected chi connectivity index (χ4v) is 5.53. The minimum absolute atomic E-state index is 0.0489. The average molecular weight is 501 g/mol. The molecule has 2 aliphatic heterocycles. The highest BCUT2D eigenvalue weighted by Crippen LogP contribution is 2.38. The molecule has 0 aliphatic carbocycles. The first-order valence-electron chi connectivity index (χ1n) is 13.8. The van der Waals surface area contributed by atoms with Crippen LogP contribution in [0.1, 0.15) is 73.2 Å². The Kier molecular flexibility index (Phi) is 9.03. The van der Waals surface area contributed by atoms with Crippen LogP contribution in [0.3, 0.4) is 0 Å². The van der Waals surface area contributed by atoms with Crippen LogP contribution in [-0.4, -0.2) is 35.7 Å². The van der Waals surface area contributed by atoms with Crippen molar-refractivity contribution in [1.82, 2.24) is 4.90 Å². The standard InChI is InChI=1S/C32H40N2O3/c33-21-25-7-6-8-29(19-25)26-13-15-28(16-14-26)32-36-30(22-34-17-4-2-1-3-5-18-34)20-31(37-32)27-11-9-24(23-35)10-12-27/h6-16,19,30-32,35H,1-5,17-18,20-23,33H2/t30-,31+,32+/m1/s1. The number of hydrogen-bond donors (Lipinski definition) is 2. The summed E-state index contributed by atoms with van der Waals surface area (Å²) in [5.41, 5.74) is 12.4. The molecule has 5 heteroatoms. The van der Waals surface area contributed by atoms with Crippen LogP contribution in [0.2, 0.25) is 0 Å². The van der Waals surface area contributed by atoms with Gasteiger partial charge in [-0.05, 0) is 59.8 Å². The van der Waals surface area contributed by atoms with Gasteiger partial charge in [0.1, 0.15) is 0 Å². The van der Waals surface area contributed by atoms with Gasteiger partial charge in [-0.2, -0.15) is 0 Å². The summed E-state index contributed by atoms with van der Waals surface area (Å²) in [5, 5.41) is 9.47. The van der Waals surface area contributed by atoms with Crippen LogP contribution >= 0.6 is 0 Å². The summed E-state index contributed by atoms with van der Waals surface area (Å²) < 4.78 is 13.2. The van der Waals surface area contributed by atoms with Crippen molar-refractivity contribution in [1.29, 1.82) is 0 Å². The normalized spacial score (nSPS) is 23.4. The summed E-state index contributed by atoms with van der Waals surface area (Å²) >= 11 is 0. The van der Waals surface area contributed by atoms with E-state index in [4.69, 9.17) is 15.2 Å². The first kappa shape index (κ1) is 26.1. The molecule has 37 heavy (non-hydrogen) atoms. The molecular formula is C32H40N2O3. The molecule has 0 unspecified atom stereocenters. The third kappa shape index (κ3) is 6.86. The number of aliphatic hydroxyl groups excluding tert-OH is 1. The Morgan fingerprint density at radius 3 is 2.16 bits per heavy atom. The minimum Gasteiger partial charge on any atom is -0.392 e. The maximum atomic E-state index is 9.47. The van der Waals surface area contributed by atoms with E-state index in [9.17, 15) is 5.11 Å². The Bertz CT molecular complexity index is 1110. The van der Waals surface area contributed by atoms with Crippen molar-refractivity contribution < 1.29 is 14.6 Å². The second-order valence-corrected chi connectivity index (χ2v) is 10.4. The zero-order valence-corrected chi connectivity index (χ0v) is 21.7. The monoisotopic (exact) mass is 500 g/mol. The number of nitrogens with zero attached hydrogens (tertiary/aromatic N) is 1. The van der Waals surface area contributed by atoms with Crippen molar-refractivity contribution in [3.63, 3.8) is 0 Å². The van der Waals surface area contributed by atoms with E-state index in [1.165, 1.54) is 32.1 Å². The first-order chi connectivity index (χ1) is 18.2. The topological polar surface area (TPSA) is 68.0 Å². The summed E-state index contributed by atoms with van der Waals surface area (Å²) in [6.07, 6.45) is 7.02. The van der Waals surface area contributed by atoms with Gasteiger partial charge in [0.2, 0.25) is 0 Å². The largest absolute Gasteiger partial charge is 0.392 e. The van der Waals surface area contributed by atoms with Gasteiger partial charge in [-0.1, -0.05) is 86.0 Å². The van der Waals surface area contributed by atoms with E-state index in [2.05, 4.69) is 65.6 Å². The van der Waals surface area contributed by atoms with Crippen molar-refractivity contribution in [3.05, 3.63) is 95.1 Å². The molecule has 0 radical (unpaired) electrons. The molecule has 0 saturated carbocycles. The third-order valence-corrected chi connectivity index (χ3v) is 7.70. The SMILES string of the molecule is NCc1cccc(-c2ccc([C@H]3O[C@@H](CN4CCCCCCC4)C[C@@H](c4ccc(CO)cc4)O3)cc2)c1. The molecule has 196 valence electrons. The van der Waals surface area contributed by atoms with E-state index in [0.29, 0.717) is 6.54 Å². The van der Waals surface area contributed by atoms with E-state index in [1.807, 2.05) is 12.1 Å². The molecule has 5 rings (SSSR count). The highest BCUT2D eigenvalue weighted by molar-refractivity contribution is 5.64. The predicted molar refractivity (Wildman–Crippen MR) is 148 cm³/mol. The van der Waals surface area contributed by atoms with Gasteiger partial charge in [0.15, 0.2) is 6.29 Å².